The second-order valence-corrected chi connectivity index (χ2v) is 3.66. The largest absolute Gasteiger partial charge is 0.508 e. The van der Waals surface area contributed by atoms with Crippen LogP contribution >= 0.6 is 0 Å². The van der Waals surface area contributed by atoms with Crippen LogP contribution in [-0.2, 0) is 6.42 Å². The first kappa shape index (κ1) is 5.69. The average Bonchev–Trinajstić information content (AvgIpc) is 2.42. The van der Waals surface area contributed by atoms with Crippen molar-refractivity contribution < 1.29 is 27.7 Å². The minimum atomic E-state index is -3.50. The van der Waals surface area contributed by atoms with Gasteiger partial charge in [-0.2, -0.15) is 0 Å². The molecule has 0 radical (unpaired) electrons. The van der Waals surface area contributed by atoms with Gasteiger partial charge in [-0.3, -0.25) is 5.32 Å². The summed E-state index contributed by atoms with van der Waals surface area (Å²) in [6.45, 7) is -10.8. The maximum atomic E-state index is 10.3. The Bertz CT molecular complexity index is 589. The number of phenols is 1. The zero-order valence-electron chi connectivity index (χ0n) is 18.1. The molecule has 0 aliphatic carbocycles. The SMILES string of the molecule is [2H]C([2H])([2H])C(NC(O)c1ccc(O)c(CCO)c1)(C([2H])([2H])[2H])C([2H])([2H])[2H]. The van der Waals surface area contributed by atoms with E-state index in [2.05, 4.69) is 0 Å². The van der Waals surface area contributed by atoms with E-state index in [4.69, 9.17) is 17.4 Å². The molecule has 0 heterocycles. The molecule has 0 aliphatic heterocycles. The molecular formula is C13H21NO3. The van der Waals surface area contributed by atoms with E-state index in [1.807, 2.05) is 5.32 Å². The fourth-order valence-corrected chi connectivity index (χ4v) is 1.38. The Morgan fingerprint density at radius 2 is 2.12 bits per heavy atom. The molecule has 0 fully saturated rings. The molecule has 1 rings (SSSR count). The van der Waals surface area contributed by atoms with Gasteiger partial charge in [-0.25, -0.2) is 0 Å². The zero-order chi connectivity index (χ0) is 20.6. The molecule has 96 valence electrons. The van der Waals surface area contributed by atoms with Crippen LogP contribution < -0.4 is 5.32 Å². The van der Waals surface area contributed by atoms with Crippen LogP contribution in [0.25, 0.3) is 0 Å². The fourth-order valence-electron chi connectivity index (χ4n) is 1.38. The lowest BCUT2D eigenvalue weighted by Crippen LogP contribution is -2.38. The summed E-state index contributed by atoms with van der Waals surface area (Å²) in [7, 11) is 0. The Balaban J connectivity index is 3.43. The smallest absolute Gasteiger partial charge is 0.131 e. The van der Waals surface area contributed by atoms with Crippen LogP contribution in [0.4, 0.5) is 0 Å². The first-order valence-electron chi connectivity index (χ1n) is 9.47. The fraction of sp³-hybridized carbons (Fsp3) is 0.538. The second-order valence-electron chi connectivity index (χ2n) is 3.66. The first-order valence-corrected chi connectivity index (χ1v) is 4.97. The molecule has 0 spiro atoms. The number of aromatic hydroxyl groups is 1. The molecule has 17 heavy (non-hydrogen) atoms. The number of benzene rings is 1. The second kappa shape index (κ2) is 5.49. The van der Waals surface area contributed by atoms with E-state index in [0.29, 0.717) is 0 Å². The Hall–Kier alpha value is -1.10. The lowest BCUT2D eigenvalue weighted by Gasteiger charge is -2.25. The van der Waals surface area contributed by atoms with E-state index in [9.17, 15) is 10.2 Å². The van der Waals surface area contributed by atoms with Gasteiger partial charge in [-0.1, -0.05) is 6.07 Å². The van der Waals surface area contributed by atoms with Crippen molar-refractivity contribution in [1.29, 1.82) is 0 Å². The normalized spacial score (nSPS) is 23.8. The molecule has 0 saturated heterocycles. The van der Waals surface area contributed by atoms with Gasteiger partial charge in [0.05, 0.1) is 0 Å². The topological polar surface area (TPSA) is 72.7 Å². The minimum Gasteiger partial charge on any atom is -0.508 e. The molecule has 1 aromatic carbocycles. The van der Waals surface area contributed by atoms with E-state index >= 15 is 0 Å². The number of aliphatic hydroxyl groups excluding tert-OH is 2. The summed E-state index contributed by atoms with van der Waals surface area (Å²) in [5.74, 6) is -0.191. The number of nitrogens with one attached hydrogen (secondary N) is 1. The lowest BCUT2D eigenvalue weighted by molar-refractivity contribution is 0.107. The Morgan fingerprint density at radius 1 is 1.41 bits per heavy atom. The van der Waals surface area contributed by atoms with Crippen LogP contribution in [0.15, 0.2) is 18.2 Å². The van der Waals surface area contributed by atoms with Crippen molar-refractivity contribution in [2.45, 2.75) is 38.7 Å². The van der Waals surface area contributed by atoms with Gasteiger partial charge < -0.3 is 15.3 Å². The third-order valence-corrected chi connectivity index (χ3v) is 2.15. The molecule has 0 amide bonds. The third kappa shape index (κ3) is 4.34. The summed E-state index contributed by atoms with van der Waals surface area (Å²) >= 11 is 0. The Morgan fingerprint density at radius 3 is 2.71 bits per heavy atom. The number of hydrogen-bond acceptors (Lipinski definition) is 4. The minimum absolute atomic E-state index is 0.0232. The van der Waals surface area contributed by atoms with Crippen LogP contribution in [0.2, 0.25) is 0 Å². The summed E-state index contributed by atoms with van der Waals surface area (Å²) in [5, 5.41) is 30.9. The molecule has 0 aliphatic rings. The maximum Gasteiger partial charge on any atom is 0.131 e. The number of hydrogen-bond donors (Lipinski definition) is 4. The zero-order valence-corrected chi connectivity index (χ0v) is 9.07. The predicted octanol–water partition coefficient (Wildman–Crippen LogP) is 1.31. The van der Waals surface area contributed by atoms with Gasteiger partial charge in [0, 0.05) is 24.5 Å². The van der Waals surface area contributed by atoms with Gasteiger partial charge in [0.25, 0.3) is 0 Å². The number of aliphatic hydroxyl groups is 2. The Labute approximate surface area is 115 Å². The number of phenolic OH excluding ortho intramolecular Hbond substituents is 1. The van der Waals surface area contributed by atoms with Gasteiger partial charge in [-0.15, -0.1) is 0 Å². The summed E-state index contributed by atoms with van der Waals surface area (Å²) in [6.07, 6.45) is -1.94. The van der Waals surface area contributed by atoms with E-state index in [0.717, 1.165) is 6.07 Å². The third-order valence-electron chi connectivity index (χ3n) is 2.15. The predicted molar refractivity (Wildman–Crippen MR) is 66.7 cm³/mol. The molecular weight excluding hydrogens is 218 g/mol. The van der Waals surface area contributed by atoms with Crippen LogP contribution in [0.3, 0.4) is 0 Å². The molecule has 4 N–H and O–H groups in total. The molecule has 0 aromatic heterocycles. The van der Waals surface area contributed by atoms with Crippen molar-refractivity contribution in [2.75, 3.05) is 6.61 Å². The highest BCUT2D eigenvalue weighted by molar-refractivity contribution is 5.37. The highest BCUT2D eigenvalue weighted by atomic mass is 16.3. The Kier molecular flexibility index (Phi) is 1.84. The summed E-state index contributed by atoms with van der Waals surface area (Å²) < 4.78 is 67.6. The molecule has 1 atom stereocenters. The summed E-state index contributed by atoms with van der Waals surface area (Å²) in [5.41, 5.74) is -3.23. The molecule has 1 unspecified atom stereocenters. The lowest BCUT2D eigenvalue weighted by atomic mass is 10.0. The van der Waals surface area contributed by atoms with E-state index in [-0.39, 0.29) is 29.9 Å². The number of rotatable bonds is 4. The van der Waals surface area contributed by atoms with Crippen molar-refractivity contribution in [2.24, 2.45) is 0 Å². The molecule has 0 saturated carbocycles. The molecule has 1 aromatic rings. The van der Waals surface area contributed by atoms with Crippen molar-refractivity contribution in [3.8, 4) is 5.75 Å². The van der Waals surface area contributed by atoms with Crippen molar-refractivity contribution >= 4 is 0 Å². The van der Waals surface area contributed by atoms with Gasteiger partial charge in [-0.05, 0) is 50.2 Å². The monoisotopic (exact) mass is 248 g/mol. The highest BCUT2D eigenvalue weighted by Crippen LogP contribution is 2.23. The van der Waals surface area contributed by atoms with E-state index < -0.39 is 32.3 Å². The van der Waals surface area contributed by atoms with E-state index in [1.54, 1.807) is 0 Å². The standard InChI is InChI=1S/C13H21NO3/c1-13(2,3)14-12(17)10-4-5-11(16)9(8-10)6-7-15/h4-5,8,12,14-17H,6-7H2,1-3H3/i1D3,2D3,3D3. The van der Waals surface area contributed by atoms with Crippen LogP contribution in [0.1, 0.15) is 50.2 Å². The van der Waals surface area contributed by atoms with Crippen LogP contribution in [0, 0.1) is 0 Å². The summed E-state index contributed by atoms with van der Waals surface area (Å²) in [4.78, 5) is 0. The summed E-state index contributed by atoms with van der Waals surface area (Å²) in [6, 6.07) is 3.55. The quantitative estimate of drug-likeness (QED) is 0.606. The van der Waals surface area contributed by atoms with Crippen molar-refractivity contribution in [3.63, 3.8) is 0 Å². The van der Waals surface area contributed by atoms with Gasteiger partial charge in [0.2, 0.25) is 0 Å². The van der Waals surface area contributed by atoms with Gasteiger partial charge in [0.15, 0.2) is 0 Å². The van der Waals surface area contributed by atoms with Crippen molar-refractivity contribution in [3.05, 3.63) is 29.3 Å². The highest BCUT2D eigenvalue weighted by Gasteiger charge is 2.17. The van der Waals surface area contributed by atoms with Crippen LogP contribution in [0.5, 0.6) is 5.75 Å². The van der Waals surface area contributed by atoms with Gasteiger partial charge >= 0.3 is 0 Å². The molecule has 0 bridgehead atoms. The first-order chi connectivity index (χ1) is 11.6. The van der Waals surface area contributed by atoms with E-state index in [1.165, 1.54) is 12.1 Å². The molecule has 4 heteroatoms. The van der Waals surface area contributed by atoms with Crippen molar-refractivity contribution in [1.82, 2.24) is 5.32 Å². The van der Waals surface area contributed by atoms with Gasteiger partial charge in [0.1, 0.15) is 12.0 Å². The average molecular weight is 248 g/mol. The molecule has 4 nitrogen and oxygen atoms in total. The van der Waals surface area contributed by atoms with Crippen LogP contribution in [-0.4, -0.2) is 27.5 Å². The maximum absolute atomic E-state index is 10.3.